The van der Waals surface area contributed by atoms with Gasteiger partial charge in [0.1, 0.15) is 5.75 Å². The molecule has 0 radical (unpaired) electrons. The molecule has 0 N–H and O–H groups in total. The van der Waals surface area contributed by atoms with Crippen LogP contribution < -0.4 is 14.7 Å². The number of ether oxygens (including phenoxy) is 1. The Hall–Kier alpha value is -4.38. The van der Waals surface area contributed by atoms with Crippen LogP contribution in [0.4, 0.5) is 5.69 Å². The third kappa shape index (κ3) is 4.77. The molecule has 0 saturated heterocycles. The molecule has 164 valence electrons. The molecule has 1 amide bonds. The fourth-order valence-corrected chi connectivity index (χ4v) is 3.75. The lowest BCUT2D eigenvalue weighted by Gasteiger charge is -2.25. The first kappa shape index (κ1) is 21.8. The number of carboxylic acids is 1. The first-order chi connectivity index (χ1) is 16.1. The van der Waals surface area contributed by atoms with Gasteiger partial charge in [0.15, 0.2) is 0 Å². The molecule has 0 bridgehead atoms. The maximum absolute atomic E-state index is 13.9. The monoisotopic (exact) mass is 436 g/mol. The molecule has 4 aromatic rings. The summed E-state index contributed by atoms with van der Waals surface area (Å²) in [6.07, 6.45) is 0. The standard InChI is InChI=1S/C28H23NO4/c1-33-22-17-15-21(16-18-22)29(19-20-9-3-2-4-10-20)27(30)25-13-7-5-11-23(25)24-12-6-8-14-26(24)28(31)32/h2-18H,19H2,1H3,(H,31,32)/p-1. The Balaban J connectivity index is 1.81. The predicted molar refractivity (Wildman–Crippen MR) is 126 cm³/mol. The lowest BCUT2D eigenvalue weighted by Crippen LogP contribution is -2.31. The molecule has 0 spiro atoms. The highest BCUT2D eigenvalue weighted by Gasteiger charge is 2.22. The minimum atomic E-state index is -1.29. The number of carbonyl (C=O) groups is 2. The topological polar surface area (TPSA) is 69.7 Å². The van der Waals surface area contributed by atoms with Crippen molar-refractivity contribution in [3.63, 3.8) is 0 Å². The number of hydrogen-bond donors (Lipinski definition) is 0. The molecule has 0 atom stereocenters. The Morgan fingerprint density at radius 3 is 1.88 bits per heavy atom. The average Bonchev–Trinajstić information content (AvgIpc) is 2.87. The van der Waals surface area contributed by atoms with Gasteiger partial charge in [0, 0.05) is 16.8 Å². The molecule has 5 nitrogen and oxygen atoms in total. The van der Waals surface area contributed by atoms with E-state index in [0.717, 1.165) is 5.56 Å². The zero-order chi connectivity index (χ0) is 23.2. The maximum Gasteiger partial charge on any atom is 0.259 e. The molecule has 0 aromatic heterocycles. The van der Waals surface area contributed by atoms with E-state index in [9.17, 15) is 14.7 Å². The first-order valence-corrected chi connectivity index (χ1v) is 10.5. The van der Waals surface area contributed by atoms with Crippen LogP contribution in [0.15, 0.2) is 103 Å². The van der Waals surface area contributed by atoms with Crippen molar-refractivity contribution < 1.29 is 19.4 Å². The summed E-state index contributed by atoms with van der Waals surface area (Å²) in [5, 5.41) is 11.7. The van der Waals surface area contributed by atoms with Crippen LogP contribution in [0.1, 0.15) is 26.3 Å². The van der Waals surface area contributed by atoms with E-state index >= 15 is 0 Å². The molecule has 0 aliphatic carbocycles. The van der Waals surface area contributed by atoms with Gasteiger partial charge in [-0.05, 0) is 47.0 Å². The summed E-state index contributed by atoms with van der Waals surface area (Å²) in [7, 11) is 1.59. The molecular weight excluding hydrogens is 414 g/mol. The molecule has 0 aliphatic rings. The van der Waals surface area contributed by atoms with Gasteiger partial charge in [0.25, 0.3) is 5.91 Å². The van der Waals surface area contributed by atoms with Crippen LogP contribution in [0.3, 0.4) is 0 Å². The Labute approximate surface area is 192 Å². The fraction of sp³-hybridized carbons (Fsp3) is 0.0714. The third-order valence-electron chi connectivity index (χ3n) is 5.41. The average molecular weight is 436 g/mol. The zero-order valence-electron chi connectivity index (χ0n) is 18.1. The third-order valence-corrected chi connectivity index (χ3v) is 5.41. The Morgan fingerprint density at radius 2 is 1.27 bits per heavy atom. The summed E-state index contributed by atoms with van der Waals surface area (Å²) in [6.45, 7) is 0.350. The molecule has 0 saturated carbocycles. The van der Waals surface area contributed by atoms with Crippen LogP contribution in [0, 0.1) is 0 Å². The number of anilines is 1. The van der Waals surface area contributed by atoms with E-state index in [1.165, 1.54) is 6.07 Å². The normalized spacial score (nSPS) is 10.5. The van der Waals surface area contributed by atoms with E-state index in [1.54, 1.807) is 66.6 Å². The van der Waals surface area contributed by atoms with Gasteiger partial charge >= 0.3 is 0 Å². The minimum absolute atomic E-state index is 0.0387. The van der Waals surface area contributed by atoms with Crippen molar-refractivity contribution in [2.24, 2.45) is 0 Å². The van der Waals surface area contributed by atoms with Crippen molar-refractivity contribution in [2.75, 3.05) is 12.0 Å². The molecule has 0 fully saturated rings. The van der Waals surface area contributed by atoms with Gasteiger partial charge in [-0.3, -0.25) is 4.79 Å². The second-order valence-electron chi connectivity index (χ2n) is 7.45. The van der Waals surface area contributed by atoms with Gasteiger partial charge < -0.3 is 19.5 Å². The van der Waals surface area contributed by atoms with Crippen molar-refractivity contribution in [3.8, 4) is 16.9 Å². The number of aromatic carboxylic acids is 1. The van der Waals surface area contributed by atoms with Gasteiger partial charge in [0.2, 0.25) is 0 Å². The van der Waals surface area contributed by atoms with Gasteiger partial charge in [-0.15, -0.1) is 0 Å². The van der Waals surface area contributed by atoms with Crippen LogP contribution in [-0.4, -0.2) is 19.0 Å². The molecule has 4 rings (SSSR count). The van der Waals surface area contributed by atoms with Crippen molar-refractivity contribution in [2.45, 2.75) is 6.54 Å². The van der Waals surface area contributed by atoms with E-state index < -0.39 is 5.97 Å². The molecule has 0 unspecified atom stereocenters. The van der Waals surface area contributed by atoms with Gasteiger partial charge in [-0.2, -0.15) is 0 Å². The van der Waals surface area contributed by atoms with Crippen molar-refractivity contribution >= 4 is 17.6 Å². The number of rotatable bonds is 7. The summed E-state index contributed by atoms with van der Waals surface area (Å²) >= 11 is 0. The number of methoxy groups -OCH3 is 1. The molecular formula is C28H22NO4-. The van der Waals surface area contributed by atoms with E-state index in [4.69, 9.17) is 4.74 Å². The quantitative estimate of drug-likeness (QED) is 0.425. The largest absolute Gasteiger partial charge is 0.545 e. The van der Waals surface area contributed by atoms with Gasteiger partial charge in [-0.1, -0.05) is 72.8 Å². The highest BCUT2D eigenvalue weighted by molar-refractivity contribution is 6.11. The first-order valence-electron chi connectivity index (χ1n) is 10.5. The molecule has 5 heteroatoms. The lowest BCUT2D eigenvalue weighted by molar-refractivity contribution is -0.254. The van der Waals surface area contributed by atoms with Crippen LogP contribution in [0.5, 0.6) is 5.75 Å². The molecule has 4 aromatic carbocycles. The second-order valence-corrected chi connectivity index (χ2v) is 7.45. The van der Waals surface area contributed by atoms with Crippen LogP contribution in [0.2, 0.25) is 0 Å². The molecule has 0 heterocycles. The number of hydrogen-bond acceptors (Lipinski definition) is 4. The van der Waals surface area contributed by atoms with Crippen molar-refractivity contribution in [3.05, 3.63) is 120 Å². The van der Waals surface area contributed by atoms with Crippen molar-refractivity contribution in [1.82, 2.24) is 0 Å². The number of carboxylic acid groups (broad SMARTS) is 1. The highest BCUT2D eigenvalue weighted by atomic mass is 16.5. The van der Waals surface area contributed by atoms with E-state index in [-0.39, 0.29) is 11.5 Å². The zero-order valence-corrected chi connectivity index (χ0v) is 18.1. The summed E-state index contributed by atoms with van der Waals surface area (Å²) in [6, 6.07) is 30.5. The Bertz CT molecular complexity index is 1270. The van der Waals surface area contributed by atoms with Crippen LogP contribution >= 0.6 is 0 Å². The van der Waals surface area contributed by atoms with Gasteiger partial charge in [0.05, 0.1) is 19.6 Å². The van der Waals surface area contributed by atoms with E-state index in [1.807, 2.05) is 42.5 Å². The number of nitrogens with zero attached hydrogens (tertiary/aromatic N) is 1. The smallest absolute Gasteiger partial charge is 0.259 e. The van der Waals surface area contributed by atoms with Gasteiger partial charge in [-0.25, -0.2) is 0 Å². The minimum Gasteiger partial charge on any atom is -0.545 e. The summed E-state index contributed by atoms with van der Waals surface area (Å²) in [4.78, 5) is 27.3. The number of amides is 1. The second kappa shape index (κ2) is 9.83. The number of benzene rings is 4. The predicted octanol–water partition coefficient (Wildman–Crippen LogP) is 4.57. The Kier molecular flexibility index (Phi) is 6.51. The summed E-state index contributed by atoms with van der Waals surface area (Å²) in [5.74, 6) is -0.842. The molecule has 0 aliphatic heterocycles. The fourth-order valence-electron chi connectivity index (χ4n) is 3.75. The van der Waals surface area contributed by atoms with E-state index in [2.05, 4.69) is 0 Å². The Morgan fingerprint density at radius 1 is 0.727 bits per heavy atom. The lowest BCUT2D eigenvalue weighted by atomic mass is 9.94. The molecule has 33 heavy (non-hydrogen) atoms. The highest BCUT2D eigenvalue weighted by Crippen LogP contribution is 2.30. The van der Waals surface area contributed by atoms with Crippen molar-refractivity contribution in [1.29, 1.82) is 0 Å². The summed E-state index contributed by atoms with van der Waals surface area (Å²) in [5.41, 5.74) is 3.08. The SMILES string of the molecule is COc1ccc(N(Cc2ccccc2)C(=O)c2ccccc2-c2ccccc2C(=O)[O-])cc1. The maximum atomic E-state index is 13.9. The number of carbonyl (C=O) groups excluding carboxylic acids is 2. The van der Waals surface area contributed by atoms with E-state index in [0.29, 0.717) is 34.7 Å². The van der Waals surface area contributed by atoms with Crippen LogP contribution in [-0.2, 0) is 6.54 Å². The van der Waals surface area contributed by atoms with Crippen LogP contribution in [0.25, 0.3) is 11.1 Å². The summed E-state index contributed by atoms with van der Waals surface area (Å²) < 4.78 is 5.26.